The molecule has 3 aliphatic heterocycles. The van der Waals surface area contributed by atoms with Crippen LogP contribution in [-0.2, 0) is 4.79 Å². The summed E-state index contributed by atoms with van der Waals surface area (Å²) in [6.45, 7) is 4.41. The summed E-state index contributed by atoms with van der Waals surface area (Å²) >= 11 is 6.23. The summed E-state index contributed by atoms with van der Waals surface area (Å²) in [6.07, 6.45) is 3.71. The van der Waals surface area contributed by atoms with Gasteiger partial charge in [-0.3, -0.25) is 14.5 Å². The highest BCUT2D eigenvalue weighted by Crippen LogP contribution is 2.52. The van der Waals surface area contributed by atoms with Crippen molar-refractivity contribution in [2.24, 2.45) is 11.8 Å². The van der Waals surface area contributed by atoms with E-state index in [4.69, 9.17) is 16.3 Å². The molecule has 1 saturated carbocycles. The largest absolute Gasteiger partial charge is 0.496 e. The summed E-state index contributed by atoms with van der Waals surface area (Å²) < 4.78 is 5.34. The number of carbonyl (C=O) groups is 2. The molecule has 0 aromatic heterocycles. The van der Waals surface area contributed by atoms with Gasteiger partial charge in [-0.1, -0.05) is 11.6 Å². The van der Waals surface area contributed by atoms with E-state index < -0.39 is 0 Å². The molecule has 1 aromatic rings. The van der Waals surface area contributed by atoms with Crippen LogP contribution in [-0.4, -0.2) is 49.0 Å². The number of carbonyl (C=O) groups excluding carboxylic acids is 2. The second kappa shape index (κ2) is 6.43. The number of rotatable bonds is 5. The molecule has 26 heavy (non-hydrogen) atoms. The lowest BCUT2D eigenvalue weighted by molar-refractivity contribution is -0.114. The number of anilines is 1. The van der Waals surface area contributed by atoms with Crippen LogP contribution in [0.4, 0.5) is 5.69 Å². The second-order valence-corrected chi connectivity index (χ2v) is 8.31. The van der Waals surface area contributed by atoms with Gasteiger partial charge in [-0.05, 0) is 37.2 Å². The standard InChI is InChI=1S/C19H24ClN3O3/c1-11(24)22-16-5-17(26-2)14(4-15(16)20)18(25)21-10-19-6-12-3-13(7-19)9-23(19)8-12/h4-5,12-13H,3,6-10H2,1-2H3,(H,21,25)(H,22,24). The van der Waals surface area contributed by atoms with Gasteiger partial charge in [0.2, 0.25) is 5.91 Å². The maximum absolute atomic E-state index is 12.8. The van der Waals surface area contributed by atoms with Crippen molar-refractivity contribution in [3.05, 3.63) is 22.7 Å². The molecule has 3 saturated heterocycles. The quantitative estimate of drug-likeness (QED) is 0.827. The average molecular weight is 378 g/mol. The molecule has 140 valence electrons. The van der Waals surface area contributed by atoms with Crippen LogP contribution in [0.1, 0.15) is 36.5 Å². The van der Waals surface area contributed by atoms with Crippen molar-refractivity contribution < 1.29 is 14.3 Å². The highest BCUT2D eigenvalue weighted by molar-refractivity contribution is 6.34. The fourth-order valence-corrected chi connectivity index (χ4v) is 5.41. The minimum absolute atomic E-state index is 0.135. The number of nitrogens with zero attached hydrogens (tertiary/aromatic N) is 1. The van der Waals surface area contributed by atoms with Gasteiger partial charge in [0.15, 0.2) is 0 Å². The first-order valence-electron chi connectivity index (χ1n) is 9.08. The van der Waals surface area contributed by atoms with Gasteiger partial charge in [0, 0.05) is 38.2 Å². The molecule has 3 heterocycles. The third kappa shape index (κ3) is 2.95. The molecule has 4 fully saturated rings. The van der Waals surface area contributed by atoms with Gasteiger partial charge < -0.3 is 15.4 Å². The summed E-state index contributed by atoms with van der Waals surface area (Å²) in [7, 11) is 1.50. The number of benzene rings is 1. The second-order valence-electron chi connectivity index (χ2n) is 7.90. The molecular weight excluding hydrogens is 354 g/mol. The Morgan fingerprint density at radius 3 is 2.62 bits per heavy atom. The van der Waals surface area contributed by atoms with E-state index in [0.717, 1.165) is 11.8 Å². The number of methoxy groups -OCH3 is 1. The lowest BCUT2D eigenvalue weighted by Gasteiger charge is -2.33. The fraction of sp³-hybridized carbons (Fsp3) is 0.579. The number of hydrogen-bond acceptors (Lipinski definition) is 4. The Kier molecular flexibility index (Phi) is 4.35. The van der Waals surface area contributed by atoms with E-state index in [2.05, 4.69) is 15.5 Å². The monoisotopic (exact) mass is 377 g/mol. The molecule has 2 atom stereocenters. The summed E-state index contributed by atoms with van der Waals surface area (Å²) in [6, 6.07) is 3.14. The lowest BCUT2D eigenvalue weighted by Crippen LogP contribution is -2.48. The van der Waals surface area contributed by atoms with Crippen LogP contribution >= 0.6 is 11.6 Å². The minimum Gasteiger partial charge on any atom is -0.496 e. The highest BCUT2D eigenvalue weighted by atomic mass is 35.5. The van der Waals surface area contributed by atoms with Gasteiger partial charge in [-0.2, -0.15) is 0 Å². The van der Waals surface area contributed by atoms with Gasteiger partial charge >= 0.3 is 0 Å². The molecule has 1 aliphatic carbocycles. The number of amides is 2. The van der Waals surface area contributed by atoms with Gasteiger partial charge in [-0.25, -0.2) is 0 Å². The molecule has 6 nitrogen and oxygen atoms in total. The lowest BCUT2D eigenvalue weighted by atomic mass is 9.76. The molecule has 7 heteroatoms. The average Bonchev–Trinajstić information content (AvgIpc) is 2.98. The minimum atomic E-state index is -0.230. The molecule has 5 rings (SSSR count). The van der Waals surface area contributed by atoms with Gasteiger partial charge in [0.25, 0.3) is 5.91 Å². The van der Waals surface area contributed by atoms with Crippen molar-refractivity contribution in [3.63, 3.8) is 0 Å². The van der Waals surface area contributed by atoms with Crippen LogP contribution in [0.3, 0.4) is 0 Å². The third-order valence-electron chi connectivity index (χ3n) is 6.05. The molecule has 2 unspecified atom stereocenters. The Hall–Kier alpha value is -1.79. The number of ether oxygens (including phenoxy) is 1. The molecule has 2 N–H and O–H groups in total. The highest BCUT2D eigenvalue weighted by Gasteiger charge is 2.56. The smallest absolute Gasteiger partial charge is 0.255 e. The SMILES string of the molecule is COc1cc(NC(C)=O)c(Cl)cc1C(=O)NCC12CC3CC(CN1C3)C2. The van der Waals surface area contributed by atoms with E-state index in [1.165, 1.54) is 46.4 Å². The van der Waals surface area contributed by atoms with Crippen molar-refractivity contribution in [1.82, 2.24) is 10.2 Å². The van der Waals surface area contributed by atoms with E-state index in [1.54, 1.807) is 12.1 Å². The van der Waals surface area contributed by atoms with Crippen LogP contribution in [0.15, 0.2) is 12.1 Å². The molecule has 1 aromatic carbocycles. The van der Waals surface area contributed by atoms with Crippen LogP contribution in [0.25, 0.3) is 0 Å². The fourth-order valence-electron chi connectivity index (χ4n) is 5.20. The predicted octanol–water partition coefficient (Wildman–Crippen LogP) is 2.52. The normalized spacial score (nSPS) is 31.1. The Morgan fingerprint density at radius 1 is 1.31 bits per heavy atom. The molecule has 2 amide bonds. The molecule has 4 aliphatic rings. The van der Waals surface area contributed by atoms with Gasteiger partial charge in [-0.15, -0.1) is 0 Å². The summed E-state index contributed by atoms with van der Waals surface area (Å²) in [4.78, 5) is 26.6. The number of halogens is 1. The Balaban J connectivity index is 1.50. The first-order valence-corrected chi connectivity index (χ1v) is 9.46. The summed E-state index contributed by atoms with van der Waals surface area (Å²) in [5.74, 6) is 1.55. The van der Waals surface area contributed by atoms with Crippen LogP contribution < -0.4 is 15.4 Å². The van der Waals surface area contributed by atoms with Gasteiger partial charge in [0.05, 0.1) is 23.4 Å². The van der Waals surface area contributed by atoms with Crippen molar-refractivity contribution in [2.75, 3.05) is 32.1 Å². The van der Waals surface area contributed by atoms with Crippen LogP contribution in [0.5, 0.6) is 5.75 Å². The van der Waals surface area contributed by atoms with Crippen molar-refractivity contribution >= 4 is 29.1 Å². The summed E-state index contributed by atoms with van der Waals surface area (Å²) in [5.41, 5.74) is 0.954. The van der Waals surface area contributed by atoms with Crippen LogP contribution in [0, 0.1) is 11.8 Å². The van der Waals surface area contributed by atoms with Crippen molar-refractivity contribution in [1.29, 1.82) is 0 Å². The van der Waals surface area contributed by atoms with E-state index in [1.807, 2.05) is 0 Å². The third-order valence-corrected chi connectivity index (χ3v) is 6.37. The Morgan fingerprint density at radius 2 is 2.00 bits per heavy atom. The zero-order chi connectivity index (χ0) is 18.5. The van der Waals surface area contributed by atoms with E-state index in [9.17, 15) is 9.59 Å². The Labute approximate surface area is 158 Å². The topological polar surface area (TPSA) is 70.7 Å². The van der Waals surface area contributed by atoms with E-state index >= 15 is 0 Å². The first kappa shape index (κ1) is 17.6. The predicted molar refractivity (Wildman–Crippen MR) is 99.8 cm³/mol. The zero-order valence-corrected chi connectivity index (χ0v) is 15.9. The van der Waals surface area contributed by atoms with Crippen molar-refractivity contribution in [3.8, 4) is 5.75 Å². The molecule has 0 spiro atoms. The first-order chi connectivity index (χ1) is 12.4. The van der Waals surface area contributed by atoms with Gasteiger partial charge in [0.1, 0.15) is 5.75 Å². The van der Waals surface area contributed by atoms with E-state index in [0.29, 0.717) is 28.6 Å². The molecule has 0 radical (unpaired) electrons. The molecular formula is C19H24ClN3O3. The number of nitrogens with one attached hydrogen (secondary N) is 2. The number of piperidine rings is 1. The molecule has 4 bridgehead atoms. The summed E-state index contributed by atoms with van der Waals surface area (Å²) in [5, 5.41) is 6.05. The maximum Gasteiger partial charge on any atom is 0.255 e. The van der Waals surface area contributed by atoms with E-state index in [-0.39, 0.29) is 17.4 Å². The van der Waals surface area contributed by atoms with Crippen molar-refractivity contribution in [2.45, 2.75) is 31.7 Å². The maximum atomic E-state index is 12.8. The zero-order valence-electron chi connectivity index (χ0n) is 15.1. The number of hydrogen-bond donors (Lipinski definition) is 2. The Bertz CT molecular complexity index is 753. The van der Waals surface area contributed by atoms with Crippen LogP contribution in [0.2, 0.25) is 5.02 Å².